The number of aromatic nitrogens is 5. The van der Waals surface area contributed by atoms with Crippen molar-refractivity contribution in [2.75, 3.05) is 24.6 Å². The number of nitrogens with zero attached hydrogens (tertiary/aromatic N) is 7. The van der Waals surface area contributed by atoms with Gasteiger partial charge in [0.25, 0.3) is 5.92 Å². The fourth-order valence-electron chi connectivity index (χ4n) is 6.63. The van der Waals surface area contributed by atoms with Gasteiger partial charge >= 0.3 is 0 Å². The Labute approximate surface area is 230 Å². The summed E-state index contributed by atoms with van der Waals surface area (Å²) in [7, 11) is 0. The Balaban J connectivity index is 1.23. The predicted octanol–water partition coefficient (Wildman–Crippen LogP) is 5.21. The number of ether oxygens (including phenoxy) is 1. The first-order valence-corrected chi connectivity index (χ1v) is 14.1. The number of hydrogen-bond donors (Lipinski definition) is 0. The molecule has 1 aromatic carbocycles. The molecule has 2 aliphatic heterocycles. The Bertz CT molecular complexity index is 1500. The third-order valence-electron chi connectivity index (χ3n) is 8.71. The summed E-state index contributed by atoms with van der Waals surface area (Å²) in [5.41, 5.74) is 4.48. The maximum absolute atomic E-state index is 14.5. The van der Waals surface area contributed by atoms with E-state index in [2.05, 4.69) is 38.4 Å². The first kappa shape index (κ1) is 25.2. The number of halogens is 3. The zero-order valence-corrected chi connectivity index (χ0v) is 22.8. The number of piperazine rings is 1. The number of fused-ring (bicyclic) bond motifs is 3. The third-order valence-corrected chi connectivity index (χ3v) is 8.97. The van der Waals surface area contributed by atoms with E-state index in [9.17, 15) is 8.78 Å². The van der Waals surface area contributed by atoms with Gasteiger partial charge in [-0.15, -0.1) is 10.2 Å². The van der Waals surface area contributed by atoms with Crippen LogP contribution in [0.4, 0.5) is 14.5 Å². The van der Waals surface area contributed by atoms with Crippen molar-refractivity contribution in [1.29, 1.82) is 0 Å². The molecule has 0 bridgehead atoms. The van der Waals surface area contributed by atoms with Crippen molar-refractivity contribution in [3.8, 4) is 0 Å². The largest absolute Gasteiger partial charge is 0.376 e. The smallest absolute Gasteiger partial charge is 0.253 e. The SMILES string of the molecule is C[C@@H]1CN(c2cc3nncn3c3c2ncn3C[C@@H]2CCCO2)[C@@H](C)CN1C(c1ccc(Cl)cc1)[C@@H]1CC1(F)F. The van der Waals surface area contributed by atoms with Crippen LogP contribution in [-0.2, 0) is 11.3 Å². The van der Waals surface area contributed by atoms with Crippen molar-refractivity contribution in [2.45, 2.75) is 69.8 Å². The second-order valence-corrected chi connectivity index (χ2v) is 11.8. The van der Waals surface area contributed by atoms with Crippen LogP contribution < -0.4 is 4.90 Å². The van der Waals surface area contributed by atoms with Crippen LogP contribution in [0.3, 0.4) is 0 Å². The minimum Gasteiger partial charge on any atom is -0.376 e. The summed E-state index contributed by atoms with van der Waals surface area (Å²) in [5.74, 6) is -3.32. The van der Waals surface area contributed by atoms with Gasteiger partial charge in [-0.05, 0) is 44.4 Å². The maximum Gasteiger partial charge on any atom is 0.253 e. The maximum atomic E-state index is 14.5. The summed E-state index contributed by atoms with van der Waals surface area (Å²) in [6.45, 7) is 7.15. The van der Waals surface area contributed by atoms with Gasteiger partial charge in [-0.25, -0.2) is 13.8 Å². The molecular weight excluding hydrogens is 524 g/mol. The number of imidazole rings is 1. The molecule has 3 aliphatic rings. The van der Waals surface area contributed by atoms with Gasteiger partial charge in [0.15, 0.2) is 5.65 Å². The fourth-order valence-corrected chi connectivity index (χ4v) is 6.76. The van der Waals surface area contributed by atoms with Gasteiger partial charge < -0.3 is 14.2 Å². The van der Waals surface area contributed by atoms with Crippen molar-refractivity contribution in [2.24, 2.45) is 5.92 Å². The Morgan fingerprint density at radius 3 is 2.64 bits per heavy atom. The Kier molecular flexibility index (Phi) is 6.06. The normalized spacial score (nSPS) is 28.0. The molecule has 0 N–H and O–H groups in total. The minimum atomic E-state index is -2.63. The standard InChI is InChI=1S/C28H32ClF2N7O/c1-17-13-37(26(22-11-28(22,30)31)19-5-7-20(29)8-6-19)18(2)12-36(17)23-10-24-34-33-16-38(24)27-25(23)32-15-35(27)14-21-4-3-9-39-21/h5-8,10,15-18,21-22,26H,3-4,9,11-14H2,1-2H3/t17-,18+,21-,22-,26?/m0/s1. The topological polar surface area (TPSA) is 63.7 Å². The number of rotatable bonds is 6. The lowest BCUT2D eigenvalue weighted by Gasteiger charge is -2.48. The van der Waals surface area contributed by atoms with Gasteiger partial charge in [0, 0.05) is 61.2 Å². The first-order valence-electron chi connectivity index (χ1n) is 13.7. The molecule has 4 aromatic rings. The van der Waals surface area contributed by atoms with E-state index in [4.69, 9.17) is 21.3 Å². The Morgan fingerprint density at radius 2 is 1.92 bits per heavy atom. The van der Waals surface area contributed by atoms with E-state index in [1.165, 1.54) is 0 Å². The molecule has 3 fully saturated rings. The summed E-state index contributed by atoms with van der Waals surface area (Å²) in [6.07, 6.45) is 5.82. The highest BCUT2D eigenvalue weighted by atomic mass is 35.5. The summed E-state index contributed by atoms with van der Waals surface area (Å²) < 4.78 is 39.0. The van der Waals surface area contributed by atoms with Gasteiger partial charge in [0.05, 0.1) is 24.7 Å². The number of hydrogen-bond acceptors (Lipinski definition) is 6. The van der Waals surface area contributed by atoms with Gasteiger partial charge in [0.1, 0.15) is 17.5 Å². The van der Waals surface area contributed by atoms with Crippen LogP contribution in [0.2, 0.25) is 5.02 Å². The molecular formula is C28H32ClF2N7O. The highest BCUT2D eigenvalue weighted by Gasteiger charge is 2.62. The molecule has 0 radical (unpaired) electrons. The van der Waals surface area contributed by atoms with E-state index in [0.717, 1.165) is 54.1 Å². The molecule has 11 heteroatoms. The van der Waals surface area contributed by atoms with E-state index < -0.39 is 11.8 Å². The Morgan fingerprint density at radius 1 is 1.13 bits per heavy atom. The van der Waals surface area contributed by atoms with Crippen molar-refractivity contribution >= 4 is 34.1 Å². The van der Waals surface area contributed by atoms with Gasteiger partial charge in [0.2, 0.25) is 0 Å². The molecule has 1 saturated carbocycles. The lowest BCUT2D eigenvalue weighted by Crippen LogP contribution is -2.58. The second kappa shape index (κ2) is 9.38. The molecule has 5 atom stereocenters. The van der Waals surface area contributed by atoms with Crippen LogP contribution >= 0.6 is 11.6 Å². The minimum absolute atomic E-state index is 0.0383. The van der Waals surface area contributed by atoms with Crippen LogP contribution in [-0.4, -0.2) is 72.9 Å². The number of anilines is 1. The number of pyridine rings is 1. The molecule has 39 heavy (non-hydrogen) atoms. The predicted molar refractivity (Wildman–Crippen MR) is 145 cm³/mol. The fraction of sp³-hybridized carbons (Fsp3) is 0.536. The Hall–Kier alpha value is -2.82. The molecule has 3 aromatic heterocycles. The van der Waals surface area contributed by atoms with Crippen LogP contribution in [0, 0.1) is 5.92 Å². The molecule has 2 saturated heterocycles. The van der Waals surface area contributed by atoms with Crippen LogP contribution in [0.25, 0.3) is 16.8 Å². The van der Waals surface area contributed by atoms with E-state index >= 15 is 0 Å². The van der Waals surface area contributed by atoms with E-state index in [1.807, 2.05) is 28.9 Å². The number of benzene rings is 1. The molecule has 8 nitrogen and oxygen atoms in total. The number of alkyl halides is 2. The van der Waals surface area contributed by atoms with Gasteiger partial charge in [-0.2, -0.15) is 0 Å². The van der Waals surface area contributed by atoms with E-state index in [-0.39, 0.29) is 30.7 Å². The van der Waals surface area contributed by atoms with Crippen molar-refractivity contribution in [3.05, 3.63) is 53.6 Å². The molecule has 7 rings (SSSR count). The zero-order valence-electron chi connectivity index (χ0n) is 22.1. The van der Waals surface area contributed by atoms with E-state index in [0.29, 0.717) is 18.1 Å². The average molecular weight is 556 g/mol. The van der Waals surface area contributed by atoms with Crippen molar-refractivity contribution in [3.63, 3.8) is 0 Å². The lowest BCUT2D eigenvalue weighted by molar-refractivity contribution is 0.0394. The second-order valence-electron chi connectivity index (χ2n) is 11.4. The molecule has 0 amide bonds. The van der Waals surface area contributed by atoms with Crippen molar-refractivity contribution in [1.82, 2.24) is 29.0 Å². The highest BCUT2D eigenvalue weighted by Crippen LogP contribution is 2.57. The van der Waals surface area contributed by atoms with E-state index in [1.54, 1.807) is 18.5 Å². The molecule has 1 aliphatic carbocycles. The van der Waals surface area contributed by atoms with Crippen LogP contribution in [0.15, 0.2) is 43.0 Å². The lowest BCUT2D eigenvalue weighted by atomic mass is 9.95. The molecule has 206 valence electrons. The van der Waals surface area contributed by atoms with Crippen LogP contribution in [0.5, 0.6) is 0 Å². The summed E-state index contributed by atoms with van der Waals surface area (Å²) in [6, 6.07) is 9.18. The van der Waals surface area contributed by atoms with Gasteiger partial charge in [-0.3, -0.25) is 9.30 Å². The third kappa shape index (κ3) is 4.37. The summed E-state index contributed by atoms with van der Waals surface area (Å²) in [4.78, 5) is 9.47. The van der Waals surface area contributed by atoms with Gasteiger partial charge in [-0.1, -0.05) is 23.7 Å². The highest BCUT2D eigenvalue weighted by molar-refractivity contribution is 6.30. The zero-order chi connectivity index (χ0) is 26.9. The quantitative estimate of drug-likeness (QED) is 0.326. The first-order chi connectivity index (χ1) is 18.8. The monoisotopic (exact) mass is 555 g/mol. The van der Waals surface area contributed by atoms with Crippen molar-refractivity contribution < 1.29 is 13.5 Å². The summed E-state index contributed by atoms with van der Waals surface area (Å²) >= 11 is 6.13. The molecule has 5 heterocycles. The molecule has 1 unspecified atom stereocenters. The van der Waals surface area contributed by atoms with Crippen LogP contribution in [0.1, 0.15) is 44.7 Å². The summed E-state index contributed by atoms with van der Waals surface area (Å²) in [5, 5.41) is 9.15. The average Bonchev–Trinajstić information content (AvgIpc) is 3.43. The molecule has 0 spiro atoms.